The Balaban J connectivity index is 2.71. The van der Waals surface area contributed by atoms with E-state index < -0.39 is 23.4 Å². The van der Waals surface area contributed by atoms with Crippen molar-refractivity contribution in [1.82, 2.24) is 5.32 Å². The number of alkyl halides is 3. The molecule has 1 rings (SSSR count). The number of benzene rings is 1. The monoisotopic (exact) mass is 314 g/mol. The summed E-state index contributed by atoms with van der Waals surface area (Å²) in [6, 6.07) is 2.91. The Hall–Kier alpha value is -2.36. The molecule has 0 bridgehead atoms. The normalized spacial score (nSPS) is 11.4. The third-order valence-corrected chi connectivity index (χ3v) is 2.32. The molecule has 0 atom stereocenters. The molecule has 0 fully saturated rings. The van der Waals surface area contributed by atoms with Crippen LogP contribution < -0.4 is 11.1 Å². The molecule has 120 valence electrons. The lowest BCUT2D eigenvalue weighted by Crippen LogP contribution is -2.32. The summed E-state index contributed by atoms with van der Waals surface area (Å²) in [6.45, 7) is 5.06. The van der Waals surface area contributed by atoms with Gasteiger partial charge in [-0.2, -0.15) is 13.2 Å². The van der Waals surface area contributed by atoms with Crippen molar-refractivity contribution in [2.75, 3.05) is 12.3 Å². The second kappa shape index (κ2) is 6.60. The summed E-state index contributed by atoms with van der Waals surface area (Å²) in [6.07, 6.45) is -5.11. The molecule has 0 aromatic heterocycles. The molecule has 0 heterocycles. The molecule has 0 saturated heterocycles. The predicted octanol–water partition coefficient (Wildman–Crippen LogP) is 3.16. The molecule has 1 aromatic rings. The minimum atomic E-state index is -4.46. The van der Waals surface area contributed by atoms with Gasteiger partial charge in [0.15, 0.2) is 0 Å². The molecular formula is C15H17F3N2O2. The first-order valence-electron chi connectivity index (χ1n) is 6.41. The number of nitrogen functional groups attached to an aromatic ring is 1. The highest BCUT2D eigenvalue weighted by Crippen LogP contribution is 2.30. The van der Waals surface area contributed by atoms with Crippen LogP contribution in [0.5, 0.6) is 0 Å². The van der Waals surface area contributed by atoms with Crippen LogP contribution in [-0.2, 0) is 10.9 Å². The number of hydrogen-bond acceptors (Lipinski definition) is 3. The van der Waals surface area contributed by atoms with Gasteiger partial charge < -0.3 is 15.8 Å². The van der Waals surface area contributed by atoms with Crippen LogP contribution in [0.1, 0.15) is 31.9 Å². The molecule has 0 aliphatic rings. The number of anilines is 1. The van der Waals surface area contributed by atoms with Gasteiger partial charge in [0.05, 0.1) is 12.1 Å². The van der Waals surface area contributed by atoms with Gasteiger partial charge in [0.25, 0.3) is 0 Å². The van der Waals surface area contributed by atoms with Crippen LogP contribution in [-0.4, -0.2) is 18.2 Å². The zero-order valence-corrected chi connectivity index (χ0v) is 12.5. The van der Waals surface area contributed by atoms with Crippen molar-refractivity contribution >= 4 is 11.8 Å². The molecule has 1 aromatic carbocycles. The number of nitrogens with one attached hydrogen (secondary N) is 1. The number of amides is 1. The highest BCUT2D eigenvalue weighted by Gasteiger charge is 2.30. The third-order valence-electron chi connectivity index (χ3n) is 2.32. The number of alkyl carbamates (subject to hydrolysis) is 1. The second-order valence-electron chi connectivity index (χ2n) is 5.46. The van der Waals surface area contributed by atoms with Gasteiger partial charge in [0.2, 0.25) is 0 Å². The lowest BCUT2D eigenvalue weighted by Gasteiger charge is -2.19. The molecule has 0 aliphatic carbocycles. The lowest BCUT2D eigenvalue weighted by atomic mass is 10.1. The fourth-order valence-electron chi connectivity index (χ4n) is 1.41. The van der Waals surface area contributed by atoms with E-state index in [1.165, 1.54) is 0 Å². The van der Waals surface area contributed by atoms with E-state index in [9.17, 15) is 18.0 Å². The van der Waals surface area contributed by atoms with Crippen LogP contribution in [0.25, 0.3) is 0 Å². The average Bonchev–Trinajstić information content (AvgIpc) is 2.33. The van der Waals surface area contributed by atoms with Gasteiger partial charge in [-0.25, -0.2) is 4.79 Å². The van der Waals surface area contributed by atoms with Crippen molar-refractivity contribution < 1.29 is 22.7 Å². The first-order valence-corrected chi connectivity index (χ1v) is 6.41. The van der Waals surface area contributed by atoms with Crippen molar-refractivity contribution in [3.05, 3.63) is 29.3 Å². The molecule has 0 radical (unpaired) electrons. The summed E-state index contributed by atoms with van der Waals surface area (Å²) in [7, 11) is 0. The summed E-state index contributed by atoms with van der Waals surface area (Å²) in [5.41, 5.74) is 4.31. The number of ether oxygens (including phenoxy) is 1. The van der Waals surface area contributed by atoms with Crippen molar-refractivity contribution in [2.24, 2.45) is 0 Å². The van der Waals surface area contributed by atoms with E-state index in [-0.39, 0.29) is 17.8 Å². The first-order chi connectivity index (χ1) is 9.99. The largest absolute Gasteiger partial charge is 0.444 e. The van der Waals surface area contributed by atoms with Crippen LogP contribution in [0.15, 0.2) is 18.2 Å². The highest BCUT2D eigenvalue weighted by molar-refractivity contribution is 5.68. The molecule has 22 heavy (non-hydrogen) atoms. The number of carbonyl (C=O) groups is 1. The summed E-state index contributed by atoms with van der Waals surface area (Å²) < 4.78 is 42.8. The molecule has 0 spiro atoms. The van der Waals surface area contributed by atoms with Crippen LogP contribution in [0.4, 0.5) is 23.7 Å². The second-order valence-corrected chi connectivity index (χ2v) is 5.46. The minimum absolute atomic E-state index is 0.0563. The number of hydrogen-bond donors (Lipinski definition) is 2. The van der Waals surface area contributed by atoms with Gasteiger partial charge in [0.1, 0.15) is 5.60 Å². The maximum Gasteiger partial charge on any atom is 0.416 e. The number of rotatable bonds is 1. The van der Waals surface area contributed by atoms with E-state index in [2.05, 4.69) is 17.2 Å². The summed E-state index contributed by atoms with van der Waals surface area (Å²) >= 11 is 0. The lowest BCUT2D eigenvalue weighted by molar-refractivity contribution is -0.137. The van der Waals surface area contributed by atoms with Gasteiger partial charge in [0, 0.05) is 11.3 Å². The molecule has 0 unspecified atom stereocenters. The van der Waals surface area contributed by atoms with Crippen molar-refractivity contribution in [3.63, 3.8) is 0 Å². The number of carbonyl (C=O) groups excluding carboxylic acids is 1. The molecule has 0 saturated carbocycles. The van der Waals surface area contributed by atoms with Crippen molar-refractivity contribution in [3.8, 4) is 11.8 Å². The third kappa shape index (κ3) is 5.95. The van der Waals surface area contributed by atoms with Crippen LogP contribution in [0.3, 0.4) is 0 Å². The van der Waals surface area contributed by atoms with Gasteiger partial charge in [-0.15, -0.1) is 0 Å². The van der Waals surface area contributed by atoms with Gasteiger partial charge in [-0.05, 0) is 39.0 Å². The average molecular weight is 314 g/mol. The van der Waals surface area contributed by atoms with Crippen LogP contribution >= 0.6 is 0 Å². The summed E-state index contributed by atoms with van der Waals surface area (Å²) in [5, 5.41) is 2.38. The Bertz CT molecular complexity index is 608. The summed E-state index contributed by atoms with van der Waals surface area (Å²) in [5.74, 6) is 5.03. The van der Waals surface area contributed by atoms with E-state index in [1.807, 2.05) is 0 Å². The van der Waals surface area contributed by atoms with Crippen LogP contribution in [0, 0.1) is 11.8 Å². The molecule has 3 N–H and O–H groups in total. The molecule has 7 heteroatoms. The Morgan fingerprint density at radius 2 is 1.95 bits per heavy atom. The van der Waals surface area contributed by atoms with E-state index in [0.29, 0.717) is 0 Å². The fourth-order valence-corrected chi connectivity index (χ4v) is 1.41. The summed E-state index contributed by atoms with van der Waals surface area (Å²) in [4.78, 5) is 11.3. The van der Waals surface area contributed by atoms with Crippen LogP contribution in [0.2, 0.25) is 0 Å². The Morgan fingerprint density at radius 3 is 2.50 bits per heavy atom. The van der Waals surface area contributed by atoms with E-state index >= 15 is 0 Å². The first kappa shape index (κ1) is 17.7. The number of nitrogens with two attached hydrogens (primary N) is 1. The standard InChI is InChI=1S/C15H17F3N2O2/c1-14(2,3)22-13(21)20-8-4-5-10-9-11(15(16,17)18)6-7-12(10)19/h6-7,9H,8,19H2,1-3H3,(H,20,21). The van der Waals surface area contributed by atoms with Gasteiger partial charge >= 0.3 is 12.3 Å². The predicted molar refractivity (Wildman–Crippen MR) is 77.0 cm³/mol. The maximum atomic E-state index is 12.6. The minimum Gasteiger partial charge on any atom is -0.444 e. The smallest absolute Gasteiger partial charge is 0.416 e. The molecular weight excluding hydrogens is 297 g/mol. The fraction of sp³-hybridized carbons (Fsp3) is 0.400. The SMILES string of the molecule is CC(C)(C)OC(=O)NCC#Cc1cc(C(F)(F)F)ccc1N. The van der Waals surface area contributed by atoms with Gasteiger partial charge in [-0.3, -0.25) is 0 Å². The van der Waals surface area contributed by atoms with Crippen molar-refractivity contribution in [2.45, 2.75) is 32.5 Å². The number of halogens is 3. The van der Waals surface area contributed by atoms with E-state index in [4.69, 9.17) is 10.5 Å². The van der Waals surface area contributed by atoms with E-state index in [0.717, 1.165) is 18.2 Å². The zero-order valence-electron chi connectivity index (χ0n) is 12.5. The molecule has 4 nitrogen and oxygen atoms in total. The van der Waals surface area contributed by atoms with E-state index in [1.54, 1.807) is 20.8 Å². The Morgan fingerprint density at radius 1 is 1.32 bits per heavy atom. The topological polar surface area (TPSA) is 64.3 Å². The van der Waals surface area contributed by atoms with Crippen molar-refractivity contribution in [1.29, 1.82) is 0 Å². The maximum absolute atomic E-state index is 12.6. The van der Waals surface area contributed by atoms with Gasteiger partial charge in [-0.1, -0.05) is 11.8 Å². The quantitative estimate of drug-likeness (QED) is 0.618. The molecule has 1 amide bonds. The molecule has 0 aliphatic heterocycles. The Labute approximate surface area is 126 Å². The zero-order chi connectivity index (χ0) is 17.0. The highest BCUT2D eigenvalue weighted by atomic mass is 19.4. The Kier molecular flexibility index (Phi) is 5.31.